The lowest BCUT2D eigenvalue weighted by Gasteiger charge is -1.94. The zero-order chi connectivity index (χ0) is 8.27. The molecule has 1 aromatic rings. The SMILES string of the molecule is CCC(=O)Oc1nc(Br)cs1. The van der Waals surface area contributed by atoms with Crippen molar-refractivity contribution < 1.29 is 9.53 Å². The molecule has 3 nitrogen and oxygen atoms in total. The van der Waals surface area contributed by atoms with E-state index in [0.717, 1.165) is 0 Å². The summed E-state index contributed by atoms with van der Waals surface area (Å²) in [4.78, 5) is 14.6. The van der Waals surface area contributed by atoms with E-state index < -0.39 is 0 Å². The summed E-state index contributed by atoms with van der Waals surface area (Å²) in [5, 5.41) is 2.15. The van der Waals surface area contributed by atoms with Gasteiger partial charge in [-0.2, -0.15) is 4.98 Å². The van der Waals surface area contributed by atoms with Crippen molar-refractivity contribution in [3.63, 3.8) is 0 Å². The Hall–Kier alpha value is -0.420. The standard InChI is InChI=1S/C6H6BrNO2S/c1-2-5(9)10-6-8-4(7)3-11-6/h3H,2H2,1H3. The van der Waals surface area contributed by atoms with Gasteiger partial charge in [-0.15, -0.1) is 0 Å². The molecule has 0 radical (unpaired) electrons. The number of thiazole rings is 1. The van der Waals surface area contributed by atoms with Crippen molar-refractivity contribution in [3.05, 3.63) is 9.98 Å². The summed E-state index contributed by atoms with van der Waals surface area (Å²) in [7, 11) is 0. The smallest absolute Gasteiger partial charge is 0.312 e. The van der Waals surface area contributed by atoms with E-state index in [9.17, 15) is 4.79 Å². The number of carbonyl (C=O) groups is 1. The van der Waals surface area contributed by atoms with Gasteiger partial charge in [-0.05, 0) is 15.9 Å². The summed E-state index contributed by atoms with van der Waals surface area (Å²) in [5.41, 5.74) is 0. The van der Waals surface area contributed by atoms with Crippen LogP contribution in [0.3, 0.4) is 0 Å². The van der Waals surface area contributed by atoms with Gasteiger partial charge < -0.3 is 4.74 Å². The highest BCUT2D eigenvalue weighted by molar-refractivity contribution is 9.10. The molecule has 60 valence electrons. The minimum Gasteiger partial charge on any atom is -0.398 e. The molecule has 11 heavy (non-hydrogen) atoms. The quantitative estimate of drug-likeness (QED) is 0.739. The maximum absolute atomic E-state index is 10.7. The number of hydrogen-bond acceptors (Lipinski definition) is 4. The van der Waals surface area contributed by atoms with Crippen LogP contribution in [0.4, 0.5) is 0 Å². The van der Waals surface area contributed by atoms with Crippen LogP contribution >= 0.6 is 27.3 Å². The lowest BCUT2D eigenvalue weighted by molar-refractivity contribution is -0.134. The number of rotatable bonds is 2. The van der Waals surface area contributed by atoms with E-state index in [1.807, 2.05) is 0 Å². The summed E-state index contributed by atoms with van der Waals surface area (Å²) in [6.45, 7) is 1.74. The average Bonchev–Trinajstić information content (AvgIpc) is 2.35. The van der Waals surface area contributed by atoms with E-state index in [1.54, 1.807) is 12.3 Å². The molecule has 0 saturated heterocycles. The van der Waals surface area contributed by atoms with Gasteiger partial charge >= 0.3 is 5.97 Å². The van der Waals surface area contributed by atoms with E-state index in [4.69, 9.17) is 4.74 Å². The third-order valence-corrected chi connectivity index (χ3v) is 2.37. The van der Waals surface area contributed by atoms with Crippen LogP contribution < -0.4 is 4.74 Å². The van der Waals surface area contributed by atoms with Crippen LogP contribution in [0.5, 0.6) is 5.19 Å². The van der Waals surface area contributed by atoms with Crippen LogP contribution in [-0.4, -0.2) is 11.0 Å². The van der Waals surface area contributed by atoms with Gasteiger partial charge in [-0.3, -0.25) is 4.79 Å². The van der Waals surface area contributed by atoms with E-state index in [1.165, 1.54) is 11.3 Å². The fourth-order valence-electron chi connectivity index (χ4n) is 0.455. The molecule has 0 aliphatic heterocycles. The van der Waals surface area contributed by atoms with E-state index in [2.05, 4.69) is 20.9 Å². The first-order chi connectivity index (χ1) is 5.22. The van der Waals surface area contributed by atoms with Gasteiger partial charge in [0.2, 0.25) is 0 Å². The monoisotopic (exact) mass is 235 g/mol. The summed E-state index contributed by atoms with van der Waals surface area (Å²) < 4.78 is 5.52. The molecule has 0 saturated carbocycles. The predicted molar refractivity (Wildman–Crippen MR) is 45.7 cm³/mol. The Kier molecular flexibility index (Phi) is 3.02. The van der Waals surface area contributed by atoms with E-state index in [-0.39, 0.29) is 5.97 Å². The van der Waals surface area contributed by atoms with Crippen molar-refractivity contribution in [2.75, 3.05) is 0 Å². The van der Waals surface area contributed by atoms with Crippen molar-refractivity contribution >= 4 is 33.2 Å². The van der Waals surface area contributed by atoms with Crippen LogP contribution in [0, 0.1) is 0 Å². The van der Waals surface area contributed by atoms with Crippen LogP contribution in [0.1, 0.15) is 13.3 Å². The topological polar surface area (TPSA) is 39.2 Å². The molecule has 0 bridgehead atoms. The van der Waals surface area contributed by atoms with Gasteiger partial charge in [0.1, 0.15) is 4.60 Å². The Morgan fingerprint density at radius 1 is 1.91 bits per heavy atom. The molecule has 0 atom stereocenters. The zero-order valence-corrected chi connectivity index (χ0v) is 8.24. The molecule has 5 heteroatoms. The average molecular weight is 236 g/mol. The summed E-state index contributed by atoms with van der Waals surface area (Å²) in [6.07, 6.45) is 0.372. The van der Waals surface area contributed by atoms with Crippen LogP contribution in [-0.2, 0) is 4.79 Å². The van der Waals surface area contributed by atoms with Gasteiger partial charge in [0.15, 0.2) is 0 Å². The Morgan fingerprint density at radius 3 is 3.09 bits per heavy atom. The third-order valence-electron chi connectivity index (χ3n) is 0.945. The Labute approximate surface area is 76.5 Å². The highest BCUT2D eigenvalue weighted by Crippen LogP contribution is 2.21. The minimum atomic E-state index is -0.258. The lowest BCUT2D eigenvalue weighted by Crippen LogP contribution is -2.04. The maximum atomic E-state index is 10.7. The number of nitrogens with zero attached hydrogens (tertiary/aromatic N) is 1. The van der Waals surface area contributed by atoms with Gasteiger partial charge in [-0.1, -0.05) is 18.3 Å². The first kappa shape index (κ1) is 8.67. The number of hydrogen-bond donors (Lipinski definition) is 0. The number of carbonyl (C=O) groups excluding carboxylic acids is 1. The molecule has 1 aromatic heterocycles. The van der Waals surface area contributed by atoms with E-state index >= 15 is 0 Å². The van der Waals surface area contributed by atoms with Crippen LogP contribution in [0.25, 0.3) is 0 Å². The molecule has 0 spiro atoms. The van der Waals surface area contributed by atoms with Crippen molar-refractivity contribution in [3.8, 4) is 5.19 Å². The number of halogens is 1. The lowest BCUT2D eigenvalue weighted by atomic mass is 10.5. The Balaban J connectivity index is 2.57. The molecule has 0 aromatic carbocycles. The molecule has 1 heterocycles. The molecule has 1 rings (SSSR count). The summed E-state index contributed by atoms with van der Waals surface area (Å²) in [6, 6.07) is 0. The minimum absolute atomic E-state index is 0.258. The van der Waals surface area contributed by atoms with Gasteiger partial charge in [0.25, 0.3) is 5.19 Å². The first-order valence-electron chi connectivity index (χ1n) is 3.04. The third kappa shape index (κ3) is 2.59. The fraction of sp³-hybridized carbons (Fsp3) is 0.333. The number of esters is 1. The van der Waals surface area contributed by atoms with Crippen LogP contribution in [0.15, 0.2) is 9.98 Å². The van der Waals surface area contributed by atoms with Gasteiger partial charge in [-0.25, -0.2) is 0 Å². The predicted octanol–water partition coefficient (Wildman–Crippen LogP) is 2.22. The van der Waals surface area contributed by atoms with Crippen molar-refractivity contribution in [1.82, 2.24) is 4.98 Å². The normalized spacial score (nSPS) is 9.64. The molecule has 0 fully saturated rings. The second-order valence-electron chi connectivity index (χ2n) is 1.76. The summed E-state index contributed by atoms with van der Waals surface area (Å²) in [5.74, 6) is -0.258. The number of aromatic nitrogens is 1. The molecular formula is C6H6BrNO2S. The Morgan fingerprint density at radius 2 is 2.64 bits per heavy atom. The van der Waals surface area contributed by atoms with Crippen molar-refractivity contribution in [1.29, 1.82) is 0 Å². The zero-order valence-electron chi connectivity index (χ0n) is 5.83. The Bertz CT molecular complexity index is 261. The summed E-state index contributed by atoms with van der Waals surface area (Å²) >= 11 is 4.44. The van der Waals surface area contributed by atoms with Gasteiger partial charge in [0, 0.05) is 11.8 Å². The molecule has 0 aliphatic carbocycles. The number of ether oxygens (including phenoxy) is 1. The van der Waals surface area contributed by atoms with Crippen molar-refractivity contribution in [2.24, 2.45) is 0 Å². The molecular weight excluding hydrogens is 230 g/mol. The molecule has 0 amide bonds. The van der Waals surface area contributed by atoms with Gasteiger partial charge in [0.05, 0.1) is 0 Å². The molecule has 0 unspecified atom stereocenters. The van der Waals surface area contributed by atoms with E-state index in [0.29, 0.717) is 16.2 Å². The second kappa shape index (κ2) is 3.82. The first-order valence-corrected chi connectivity index (χ1v) is 4.71. The second-order valence-corrected chi connectivity index (χ2v) is 3.40. The molecule has 0 aliphatic rings. The van der Waals surface area contributed by atoms with Crippen molar-refractivity contribution in [2.45, 2.75) is 13.3 Å². The fourth-order valence-corrected chi connectivity index (χ4v) is 1.56. The molecule has 0 N–H and O–H groups in total. The largest absolute Gasteiger partial charge is 0.398 e. The maximum Gasteiger partial charge on any atom is 0.312 e. The van der Waals surface area contributed by atoms with Crippen LogP contribution in [0.2, 0.25) is 0 Å². The highest BCUT2D eigenvalue weighted by atomic mass is 79.9. The highest BCUT2D eigenvalue weighted by Gasteiger charge is 2.04.